The van der Waals surface area contributed by atoms with Crippen LogP contribution in [0, 0.1) is 0 Å². The fourth-order valence-electron chi connectivity index (χ4n) is 0.861. The Morgan fingerprint density at radius 2 is 1.86 bits per heavy atom. The first kappa shape index (κ1) is 10.2. The molecule has 4 nitrogen and oxygen atoms in total. The zero-order valence-corrected chi connectivity index (χ0v) is 7.77. The van der Waals surface area contributed by atoms with Crippen LogP contribution in [-0.2, 0) is 9.53 Å². The van der Waals surface area contributed by atoms with Gasteiger partial charge in [0, 0.05) is 0 Å². The number of amides is 1. The second kappa shape index (κ2) is 4.41. The lowest BCUT2D eigenvalue weighted by Crippen LogP contribution is -2.30. The average Bonchev–Trinajstić information content (AvgIpc) is 2.19. The molecule has 0 aliphatic carbocycles. The van der Waals surface area contributed by atoms with Crippen molar-refractivity contribution < 1.29 is 14.3 Å². The molecule has 74 valence electrons. The van der Waals surface area contributed by atoms with Crippen molar-refractivity contribution in [1.29, 1.82) is 0 Å². The SMILES string of the molecule is CC(OC(=O)c1ccccc1)C(N)=O. The molecule has 0 saturated heterocycles. The number of benzene rings is 1. The van der Waals surface area contributed by atoms with Gasteiger partial charge in [-0.25, -0.2) is 4.79 Å². The van der Waals surface area contributed by atoms with Crippen molar-refractivity contribution in [2.24, 2.45) is 5.73 Å². The summed E-state index contributed by atoms with van der Waals surface area (Å²) in [5, 5.41) is 0. The molecule has 0 aromatic heterocycles. The summed E-state index contributed by atoms with van der Waals surface area (Å²) in [5.74, 6) is -1.20. The molecule has 1 atom stereocenters. The molecule has 0 saturated carbocycles. The topological polar surface area (TPSA) is 69.4 Å². The van der Waals surface area contributed by atoms with Gasteiger partial charge in [-0.15, -0.1) is 0 Å². The van der Waals surface area contributed by atoms with Crippen molar-refractivity contribution in [3.8, 4) is 0 Å². The van der Waals surface area contributed by atoms with Gasteiger partial charge in [-0.05, 0) is 19.1 Å². The predicted molar refractivity (Wildman–Crippen MR) is 50.5 cm³/mol. The molecule has 1 unspecified atom stereocenters. The number of nitrogens with two attached hydrogens (primary N) is 1. The van der Waals surface area contributed by atoms with Gasteiger partial charge in [0.2, 0.25) is 0 Å². The maximum Gasteiger partial charge on any atom is 0.338 e. The molecule has 0 aliphatic heterocycles. The Balaban J connectivity index is 2.64. The molecule has 0 aliphatic rings. The van der Waals surface area contributed by atoms with Gasteiger partial charge in [0.15, 0.2) is 6.10 Å². The number of hydrogen-bond donors (Lipinski definition) is 1. The lowest BCUT2D eigenvalue weighted by Gasteiger charge is -2.08. The van der Waals surface area contributed by atoms with Crippen LogP contribution in [0.2, 0.25) is 0 Å². The van der Waals surface area contributed by atoms with Crippen LogP contribution in [0.5, 0.6) is 0 Å². The van der Waals surface area contributed by atoms with Crippen LogP contribution in [-0.4, -0.2) is 18.0 Å². The van der Waals surface area contributed by atoms with Crippen molar-refractivity contribution in [1.82, 2.24) is 0 Å². The largest absolute Gasteiger partial charge is 0.449 e. The molecule has 0 heterocycles. The van der Waals surface area contributed by atoms with Crippen LogP contribution in [0.25, 0.3) is 0 Å². The number of carbonyl (C=O) groups excluding carboxylic acids is 2. The molecule has 4 heteroatoms. The van der Waals surface area contributed by atoms with E-state index in [1.54, 1.807) is 30.3 Å². The third-order valence-electron chi connectivity index (χ3n) is 1.69. The number of esters is 1. The predicted octanol–water partition coefficient (Wildman–Crippen LogP) is 0.717. The summed E-state index contributed by atoms with van der Waals surface area (Å²) in [4.78, 5) is 21.9. The molecule has 0 fully saturated rings. The summed E-state index contributed by atoms with van der Waals surface area (Å²) in [5.41, 5.74) is 5.35. The molecule has 1 aromatic rings. The fourth-order valence-corrected chi connectivity index (χ4v) is 0.861. The van der Waals surface area contributed by atoms with Crippen molar-refractivity contribution in [3.05, 3.63) is 35.9 Å². The molecular weight excluding hydrogens is 182 g/mol. The molecule has 0 radical (unpaired) electrons. The Labute approximate surface area is 81.7 Å². The highest BCUT2D eigenvalue weighted by Crippen LogP contribution is 2.03. The Morgan fingerprint density at radius 3 is 2.36 bits per heavy atom. The van der Waals surface area contributed by atoms with Gasteiger partial charge in [0.1, 0.15) is 0 Å². The number of hydrogen-bond acceptors (Lipinski definition) is 3. The minimum Gasteiger partial charge on any atom is -0.449 e. The molecular formula is C10H11NO3. The first-order chi connectivity index (χ1) is 6.61. The van der Waals surface area contributed by atoms with E-state index in [1.807, 2.05) is 0 Å². The van der Waals surface area contributed by atoms with E-state index in [4.69, 9.17) is 10.5 Å². The van der Waals surface area contributed by atoms with Crippen LogP contribution in [0.4, 0.5) is 0 Å². The molecule has 14 heavy (non-hydrogen) atoms. The summed E-state index contributed by atoms with van der Waals surface area (Å²) in [6, 6.07) is 8.43. The van der Waals surface area contributed by atoms with Gasteiger partial charge in [-0.2, -0.15) is 0 Å². The van der Waals surface area contributed by atoms with Crippen LogP contribution in [0.3, 0.4) is 0 Å². The first-order valence-corrected chi connectivity index (χ1v) is 4.16. The van der Waals surface area contributed by atoms with Crippen LogP contribution < -0.4 is 5.73 Å². The van der Waals surface area contributed by atoms with Gasteiger partial charge >= 0.3 is 5.97 Å². The van der Waals surface area contributed by atoms with Gasteiger partial charge in [-0.3, -0.25) is 4.79 Å². The molecule has 2 N–H and O–H groups in total. The summed E-state index contributed by atoms with van der Waals surface area (Å²) >= 11 is 0. The molecule has 1 rings (SSSR count). The minimum atomic E-state index is -0.900. The third kappa shape index (κ3) is 2.58. The average molecular weight is 193 g/mol. The lowest BCUT2D eigenvalue weighted by atomic mass is 10.2. The van der Waals surface area contributed by atoms with Crippen molar-refractivity contribution in [3.63, 3.8) is 0 Å². The highest BCUT2D eigenvalue weighted by molar-refractivity contribution is 5.91. The Bertz CT molecular complexity index is 334. The molecule has 0 bridgehead atoms. The summed E-state index contributed by atoms with van der Waals surface area (Å²) in [6.07, 6.45) is -0.900. The Morgan fingerprint density at radius 1 is 1.29 bits per heavy atom. The van der Waals surface area contributed by atoms with Crippen LogP contribution in [0.15, 0.2) is 30.3 Å². The van der Waals surface area contributed by atoms with Gasteiger partial charge in [0.25, 0.3) is 5.91 Å². The normalized spacial score (nSPS) is 11.8. The van der Waals surface area contributed by atoms with Crippen LogP contribution >= 0.6 is 0 Å². The van der Waals surface area contributed by atoms with Gasteiger partial charge in [0.05, 0.1) is 5.56 Å². The number of rotatable bonds is 3. The molecule has 0 spiro atoms. The highest BCUT2D eigenvalue weighted by atomic mass is 16.5. The standard InChI is InChI=1S/C10H11NO3/c1-7(9(11)12)14-10(13)8-5-3-2-4-6-8/h2-7H,1H3,(H2,11,12). The van der Waals surface area contributed by atoms with E-state index in [0.717, 1.165) is 0 Å². The van der Waals surface area contributed by atoms with E-state index in [0.29, 0.717) is 5.56 Å². The Kier molecular flexibility index (Phi) is 3.23. The summed E-state index contributed by atoms with van der Waals surface area (Å²) < 4.78 is 4.78. The zero-order valence-electron chi connectivity index (χ0n) is 7.77. The molecule has 1 amide bonds. The monoisotopic (exact) mass is 193 g/mol. The lowest BCUT2D eigenvalue weighted by molar-refractivity contribution is -0.125. The van der Waals surface area contributed by atoms with Crippen molar-refractivity contribution in [2.45, 2.75) is 13.0 Å². The van der Waals surface area contributed by atoms with E-state index in [2.05, 4.69) is 0 Å². The fraction of sp³-hybridized carbons (Fsp3) is 0.200. The smallest absolute Gasteiger partial charge is 0.338 e. The first-order valence-electron chi connectivity index (χ1n) is 4.16. The third-order valence-corrected chi connectivity index (χ3v) is 1.69. The number of ether oxygens (including phenoxy) is 1. The van der Waals surface area contributed by atoms with Gasteiger partial charge < -0.3 is 10.5 Å². The summed E-state index contributed by atoms with van der Waals surface area (Å²) in [7, 11) is 0. The van der Waals surface area contributed by atoms with Gasteiger partial charge in [-0.1, -0.05) is 18.2 Å². The second-order valence-corrected chi connectivity index (χ2v) is 2.82. The highest BCUT2D eigenvalue weighted by Gasteiger charge is 2.15. The quantitative estimate of drug-likeness (QED) is 0.719. The van der Waals surface area contributed by atoms with Crippen molar-refractivity contribution in [2.75, 3.05) is 0 Å². The van der Waals surface area contributed by atoms with E-state index in [1.165, 1.54) is 6.92 Å². The number of primary amides is 1. The number of carbonyl (C=O) groups is 2. The van der Waals surface area contributed by atoms with E-state index in [-0.39, 0.29) is 0 Å². The second-order valence-electron chi connectivity index (χ2n) is 2.82. The summed E-state index contributed by atoms with van der Waals surface area (Å²) in [6.45, 7) is 1.43. The minimum absolute atomic E-state index is 0.403. The van der Waals surface area contributed by atoms with E-state index >= 15 is 0 Å². The van der Waals surface area contributed by atoms with E-state index in [9.17, 15) is 9.59 Å². The van der Waals surface area contributed by atoms with Crippen LogP contribution in [0.1, 0.15) is 17.3 Å². The van der Waals surface area contributed by atoms with Crippen molar-refractivity contribution >= 4 is 11.9 Å². The zero-order chi connectivity index (χ0) is 10.6. The molecule has 1 aromatic carbocycles. The maximum absolute atomic E-state index is 11.3. The maximum atomic E-state index is 11.3. The van der Waals surface area contributed by atoms with E-state index < -0.39 is 18.0 Å². The Hall–Kier alpha value is -1.84.